The highest BCUT2D eigenvalue weighted by atomic mass is 16.5. The molecule has 0 saturated heterocycles. The molecule has 0 amide bonds. The van der Waals surface area contributed by atoms with Crippen LogP contribution >= 0.6 is 0 Å². The number of rotatable bonds is 10. The van der Waals surface area contributed by atoms with Crippen LogP contribution in [0.25, 0.3) is 0 Å². The summed E-state index contributed by atoms with van der Waals surface area (Å²) in [6, 6.07) is 7.89. The van der Waals surface area contributed by atoms with E-state index in [1.165, 1.54) is 25.7 Å². The zero-order valence-electron chi connectivity index (χ0n) is 16.3. The van der Waals surface area contributed by atoms with E-state index in [4.69, 9.17) is 4.74 Å². The summed E-state index contributed by atoms with van der Waals surface area (Å²) in [7, 11) is 0. The first-order chi connectivity index (χ1) is 12.8. The SMILES string of the molecule is CCNC(=NCc1ccccc1CO)NCCC(OCC)C1CCCC1. The number of hydrogen-bond donors (Lipinski definition) is 3. The van der Waals surface area contributed by atoms with E-state index in [2.05, 4.69) is 29.5 Å². The number of nitrogens with zero attached hydrogens (tertiary/aromatic N) is 1. The maximum absolute atomic E-state index is 9.45. The highest BCUT2D eigenvalue weighted by Gasteiger charge is 2.25. The van der Waals surface area contributed by atoms with Gasteiger partial charge in [-0.3, -0.25) is 0 Å². The van der Waals surface area contributed by atoms with Crippen molar-refractivity contribution in [3.8, 4) is 0 Å². The number of nitrogens with one attached hydrogen (secondary N) is 2. The minimum atomic E-state index is 0.0487. The summed E-state index contributed by atoms with van der Waals surface area (Å²) in [5, 5.41) is 16.2. The van der Waals surface area contributed by atoms with Gasteiger partial charge in [-0.15, -0.1) is 0 Å². The first-order valence-electron chi connectivity index (χ1n) is 10.1. The molecule has 0 spiro atoms. The Balaban J connectivity index is 1.87. The zero-order valence-corrected chi connectivity index (χ0v) is 16.3. The van der Waals surface area contributed by atoms with E-state index in [0.717, 1.165) is 43.2 Å². The second-order valence-corrected chi connectivity index (χ2v) is 6.88. The minimum absolute atomic E-state index is 0.0487. The van der Waals surface area contributed by atoms with E-state index >= 15 is 0 Å². The lowest BCUT2D eigenvalue weighted by Gasteiger charge is -2.24. The van der Waals surface area contributed by atoms with Gasteiger partial charge in [-0.25, -0.2) is 4.99 Å². The molecule has 2 rings (SSSR count). The number of aliphatic hydroxyl groups excluding tert-OH is 1. The second-order valence-electron chi connectivity index (χ2n) is 6.88. The predicted octanol–water partition coefficient (Wildman–Crippen LogP) is 3.22. The molecule has 0 heterocycles. The lowest BCUT2D eigenvalue weighted by Crippen LogP contribution is -2.39. The van der Waals surface area contributed by atoms with Crippen LogP contribution in [-0.4, -0.2) is 36.9 Å². The normalized spacial score (nSPS) is 16.7. The maximum Gasteiger partial charge on any atom is 0.191 e. The first-order valence-corrected chi connectivity index (χ1v) is 10.1. The van der Waals surface area contributed by atoms with Crippen molar-refractivity contribution in [2.75, 3.05) is 19.7 Å². The summed E-state index contributed by atoms with van der Waals surface area (Å²) < 4.78 is 6.00. The average Bonchev–Trinajstić information content (AvgIpc) is 3.20. The number of guanidine groups is 1. The number of benzene rings is 1. The van der Waals surface area contributed by atoms with Crippen LogP contribution < -0.4 is 10.6 Å². The fraction of sp³-hybridized carbons (Fsp3) is 0.667. The van der Waals surface area contributed by atoms with E-state index in [1.807, 2.05) is 24.3 Å². The van der Waals surface area contributed by atoms with Crippen molar-refractivity contribution in [2.24, 2.45) is 10.9 Å². The molecule has 5 heteroatoms. The third-order valence-electron chi connectivity index (χ3n) is 5.07. The molecule has 26 heavy (non-hydrogen) atoms. The van der Waals surface area contributed by atoms with Gasteiger partial charge in [-0.05, 0) is 50.2 Å². The lowest BCUT2D eigenvalue weighted by atomic mass is 9.98. The molecule has 0 bridgehead atoms. The third kappa shape index (κ3) is 6.61. The first kappa shape index (κ1) is 20.7. The topological polar surface area (TPSA) is 65.9 Å². The highest BCUT2D eigenvalue weighted by Crippen LogP contribution is 2.30. The van der Waals surface area contributed by atoms with Crippen LogP contribution in [0.4, 0.5) is 0 Å². The lowest BCUT2D eigenvalue weighted by molar-refractivity contribution is 0.0169. The molecular weight excluding hydrogens is 326 g/mol. The molecule has 0 aliphatic heterocycles. The van der Waals surface area contributed by atoms with Gasteiger partial charge < -0.3 is 20.5 Å². The number of hydrogen-bond acceptors (Lipinski definition) is 3. The van der Waals surface area contributed by atoms with Crippen molar-refractivity contribution >= 4 is 5.96 Å². The molecule has 0 radical (unpaired) electrons. The van der Waals surface area contributed by atoms with Gasteiger partial charge in [0.2, 0.25) is 0 Å². The molecule has 1 aliphatic rings. The summed E-state index contributed by atoms with van der Waals surface area (Å²) in [5.41, 5.74) is 2.00. The molecule has 1 aromatic rings. The van der Waals surface area contributed by atoms with Crippen LogP contribution in [0.1, 0.15) is 57.1 Å². The van der Waals surface area contributed by atoms with Gasteiger partial charge in [0.1, 0.15) is 0 Å². The third-order valence-corrected chi connectivity index (χ3v) is 5.07. The Hall–Kier alpha value is -1.59. The largest absolute Gasteiger partial charge is 0.392 e. The van der Waals surface area contributed by atoms with Crippen LogP contribution in [0, 0.1) is 5.92 Å². The highest BCUT2D eigenvalue weighted by molar-refractivity contribution is 5.79. The molecule has 5 nitrogen and oxygen atoms in total. The summed E-state index contributed by atoms with van der Waals surface area (Å²) >= 11 is 0. The van der Waals surface area contributed by atoms with Crippen LogP contribution in [0.2, 0.25) is 0 Å². The van der Waals surface area contributed by atoms with E-state index in [1.54, 1.807) is 0 Å². The molecule has 1 fully saturated rings. The number of aliphatic imine (C=N–C) groups is 1. The van der Waals surface area contributed by atoms with Gasteiger partial charge in [-0.1, -0.05) is 37.1 Å². The van der Waals surface area contributed by atoms with E-state index < -0.39 is 0 Å². The summed E-state index contributed by atoms with van der Waals surface area (Å²) in [4.78, 5) is 4.68. The molecule has 146 valence electrons. The van der Waals surface area contributed by atoms with Crippen molar-refractivity contribution < 1.29 is 9.84 Å². The summed E-state index contributed by atoms with van der Waals surface area (Å²) in [6.45, 7) is 7.23. The van der Waals surface area contributed by atoms with Crippen molar-refractivity contribution in [3.05, 3.63) is 35.4 Å². The van der Waals surface area contributed by atoms with Gasteiger partial charge in [-0.2, -0.15) is 0 Å². The molecule has 3 N–H and O–H groups in total. The van der Waals surface area contributed by atoms with Gasteiger partial charge in [0.15, 0.2) is 5.96 Å². The number of aliphatic hydroxyl groups is 1. The van der Waals surface area contributed by atoms with Crippen LogP contribution in [0.15, 0.2) is 29.3 Å². The standard InChI is InChI=1S/C21H35N3O2/c1-3-22-21(24-15-18-11-7-8-12-19(18)16-25)23-14-13-20(26-4-2)17-9-5-6-10-17/h7-8,11-12,17,20,25H,3-6,9-10,13-16H2,1-2H3,(H2,22,23,24). The molecule has 1 aromatic carbocycles. The van der Waals surface area contributed by atoms with Gasteiger partial charge >= 0.3 is 0 Å². The van der Waals surface area contributed by atoms with Crippen LogP contribution in [0.5, 0.6) is 0 Å². The quantitative estimate of drug-likeness (QED) is 0.442. The second kappa shape index (κ2) is 11.9. The van der Waals surface area contributed by atoms with E-state index in [-0.39, 0.29) is 6.61 Å². The Morgan fingerprint density at radius 3 is 2.58 bits per heavy atom. The summed E-state index contributed by atoms with van der Waals surface area (Å²) in [6.07, 6.45) is 6.66. The fourth-order valence-corrected chi connectivity index (χ4v) is 3.70. The van der Waals surface area contributed by atoms with Gasteiger partial charge in [0.25, 0.3) is 0 Å². The zero-order chi connectivity index (χ0) is 18.6. The van der Waals surface area contributed by atoms with Gasteiger partial charge in [0.05, 0.1) is 19.3 Å². The van der Waals surface area contributed by atoms with Crippen LogP contribution in [-0.2, 0) is 17.9 Å². The number of ether oxygens (including phenoxy) is 1. The van der Waals surface area contributed by atoms with Crippen molar-refractivity contribution in [2.45, 2.75) is 65.2 Å². The minimum Gasteiger partial charge on any atom is -0.392 e. The molecule has 1 saturated carbocycles. The molecule has 1 unspecified atom stereocenters. The maximum atomic E-state index is 9.45. The Morgan fingerprint density at radius 2 is 1.92 bits per heavy atom. The molecule has 1 aliphatic carbocycles. The van der Waals surface area contributed by atoms with Crippen molar-refractivity contribution in [1.29, 1.82) is 0 Å². The Labute approximate surface area is 158 Å². The van der Waals surface area contributed by atoms with Gasteiger partial charge in [0, 0.05) is 19.7 Å². The Morgan fingerprint density at radius 1 is 1.19 bits per heavy atom. The predicted molar refractivity (Wildman–Crippen MR) is 107 cm³/mol. The smallest absolute Gasteiger partial charge is 0.191 e. The molecule has 1 atom stereocenters. The van der Waals surface area contributed by atoms with Crippen LogP contribution in [0.3, 0.4) is 0 Å². The summed E-state index contributed by atoms with van der Waals surface area (Å²) in [5.74, 6) is 1.54. The molecule has 0 aromatic heterocycles. The van der Waals surface area contributed by atoms with E-state index in [0.29, 0.717) is 18.6 Å². The van der Waals surface area contributed by atoms with Crippen molar-refractivity contribution in [1.82, 2.24) is 10.6 Å². The average molecular weight is 362 g/mol. The van der Waals surface area contributed by atoms with E-state index in [9.17, 15) is 5.11 Å². The molecular formula is C21H35N3O2. The Kier molecular flexibility index (Phi) is 9.50. The Bertz CT molecular complexity index is 542. The van der Waals surface area contributed by atoms with Crippen molar-refractivity contribution in [3.63, 3.8) is 0 Å². The monoisotopic (exact) mass is 361 g/mol. The fourth-order valence-electron chi connectivity index (χ4n) is 3.70.